The van der Waals surface area contributed by atoms with E-state index in [9.17, 15) is 4.57 Å². The van der Waals surface area contributed by atoms with Crippen LogP contribution in [0, 0.1) is 6.92 Å². The highest BCUT2D eigenvalue weighted by Gasteiger charge is 2.29. The van der Waals surface area contributed by atoms with E-state index in [1.807, 2.05) is 32.0 Å². The molecule has 3 nitrogen and oxygen atoms in total. The van der Waals surface area contributed by atoms with Crippen molar-refractivity contribution in [2.24, 2.45) is 0 Å². The lowest BCUT2D eigenvalue weighted by Gasteiger charge is -2.21. The van der Waals surface area contributed by atoms with Gasteiger partial charge >= 0.3 is 0 Å². The second-order valence-electron chi connectivity index (χ2n) is 3.39. The topological polar surface area (TPSA) is 35.5 Å². The molecule has 0 aliphatic carbocycles. The van der Waals surface area contributed by atoms with Gasteiger partial charge < -0.3 is 9.26 Å². The van der Waals surface area contributed by atoms with Gasteiger partial charge in [0, 0.05) is 5.82 Å². The molecule has 1 aromatic carbocycles. The highest BCUT2D eigenvalue weighted by molar-refractivity contribution is 7.70. The summed E-state index contributed by atoms with van der Waals surface area (Å²) in [5.74, 6) is 2.14. The summed E-state index contributed by atoms with van der Waals surface area (Å²) in [6.45, 7) is 4.21. The van der Waals surface area contributed by atoms with E-state index in [1.54, 1.807) is 0 Å². The van der Waals surface area contributed by atoms with E-state index < -0.39 is 7.37 Å². The molecular formula is C11H13O3P. The molecule has 1 aliphatic rings. The van der Waals surface area contributed by atoms with Crippen LogP contribution in [-0.2, 0) is 9.09 Å². The standard InChI is InChI=1S/C11H13O3P/c1-3-14-15(12)7-6-13-10-5-4-9(2)8-11(10)15/h4-8H,3H2,1-2H3/t15-/m1/s1. The molecule has 4 heteroatoms. The van der Waals surface area contributed by atoms with Crippen LogP contribution < -0.4 is 10.0 Å². The zero-order chi connectivity index (χ0) is 10.9. The second-order valence-corrected chi connectivity index (χ2v) is 5.62. The van der Waals surface area contributed by atoms with E-state index in [0.717, 1.165) is 5.56 Å². The maximum atomic E-state index is 12.4. The molecule has 2 rings (SSSR count). The highest BCUT2D eigenvalue weighted by atomic mass is 31.2. The van der Waals surface area contributed by atoms with Crippen LogP contribution in [0.1, 0.15) is 12.5 Å². The predicted octanol–water partition coefficient (Wildman–Crippen LogP) is 2.80. The molecule has 0 aromatic heterocycles. The van der Waals surface area contributed by atoms with Crippen LogP contribution in [0.25, 0.3) is 0 Å². The quantitative estimate of drug-likeness (QED) is 0.724. The molecule has 0 saturated heterocycles. The Morgan fingerprint density at radius 3 is 3.00 bits per heavy atom. The van der Waals surface area contributed by atoms with Crippen molar-refractivity contribution in [3.8, 4) is 5.75 Å². The largest absolute Gasteiger partial charge is 0.464 e. The maximum absolute atomic E-state index is 12.4. The van der Waals surface area contributed by atoms with Gasteiger partial charge in [-0.15, -0.1) is 0 Å². The molecule has 1 aromatic rings. The van der Waals surface area contributed by atoms with E-state index in [-0.39, 0.29) is 0 Å². The summed E-state index contributed by atoms with van der Waals surface area (Å²) in [6, 6.07) is 5.60. The van der Waals surface area contributed by atoms with Gasteiger partial charge in [0.15, 0.2) is 0 Å². The third kappa shape index (κ3) is 1.85. The Hall–Kier alpha value is -1.05. The highest BCUT2D eigenvalue weighted by Crippen LogP contribution is 2.51. The van der Waals surface area contributed by atoms with Gasteiger partial charge in [-0.2, -0.15) is 0 Å². The molecule has 80 valence electrons. The minimum atomic E-state index is -2.84. The number of fused-ring (bicyclic) bond motifs is 1. The zero-order valence-electron chi connectivity index (χ0n) is 8.77. The van der Waals surface area contributed by atoms with Gasteiger partial charge in [0.2, 0.25) is 0 Å². The van der Waals surface area contributed by atoms with Gasteiger partial charge in [-0.3, -0.25) is 4.57 Å². The van der Waals surface area contributed by atoms with Crippen molar-refractivity contribution >= 4 is 12.7 Å². The van der Waals surface area contributed by atoms with Crippen molar-refractivity contribution in [2.45, 2.75) is 13.8 Å². The van der Waals surface area contributed by atoms with E-state index in [1.165, 1.54) is 12.1 Å². The van der Waals surface area contributed by atoms with E-state index in [4.69, 9.17) is 9.26 Å². The van der Waals surface area contributed by atoms with Crippen molar-refractivity contribution in [1.82, 2.24) is 0 Å². The number of rotatable bonds is 2. The summed E-state index contributed by atoms with van der Waals surface area (Å²) >= 11 is 0. The van der Waals surface area contributed by atoms with Crippen molar-refractivity contribution in [1.29, 1.82) is 0 Å². The van der Waals surface area contributed by atoms with Crippen LogP contribution in [0.15, 0.2) is 30.3 Å². The summed E-state index contributed by atoms with van der Waals surface area (Å²) in [7, 11) is -2.84. The zero-order valence-corrected chi connectivity index (χ0v) is 9.66. The Bertz CT molecular complexity index is 451. The smallest absolute Gasteiger partial charge is 0.261 e. The van der Waals surface area contributed by atoms with Crippen LogP contribution in [-0.4, -0.2) is 6.61 Å². The minimum absolute atomic E-state index is 0.426. The Labute approximate surface area is 89.2 Å². The molecule has 1 heterocycles. The fourth-order valence-electron chi connectivity index (χ4n) is 1.54. The molecule has 0 spiro atoms. The Morgan fingerprint density at radius 2 is 2.27 bits per heavy atom. The number of aryl methyl sites for hydroxylation is 1. The molecule has 0 saturated carbocycles. The van der Waals surface area contributed by atoms with E-state index >= 15 is 0 Å². The molecule has 0 radical (unpaired) electrons. The van der Waals surface area contributed by atoms with Crippen LogP contribution in [0.2, 0.25) is 0 Å². The Morgan fingerprint density at radius 1 is 1.47 bits per heavy atom. The average Bonchev–Trinajstić information content (AvgIpc) is 2.20. The molecule has 0 fully saturated rings. The summed E-state index contributed by atoms with van der Waals surface area (Å²) in [5.41, 5.74) is 1.05. The third-order valence-electron chi connectivity index (χ3n) is 2.22. The van der Waals surface area contributed by atoms with Crippen molar-refractivity contribution in [3.63, 3.8) is 0 Å². The lowest BCUT2D eigenvalue weighted by Crippen LogP contribution is -2.13. The first-order chi connectivity index (χ1) is 7.15. The van der Waals surface area contributed by atoms with E-state index in [2.05, 4.69) is 0 Å². The van der Waals surface area contributed by atoms with Crippen molar-refractivity contribution in [3.05, 3.63) is 35.8 Å². The number of ether oxygens (including phenoxy) is 1. The first-order valence-corrected chi connectivity index (χ1v) is 6.55. The summed E-state index contributed by atoms with van der Waals surface area (Å²) in [4.78, 5) is 0. The maximum Gasteiger partial charge on any atom is 0.261 e. The summed E-state index contributed by atoms with van der Waals surface area (Å²) in [5, 5.41) is 0.659. The third-order valence-corrected chi connectivity index (χ3v) is 4.40. The van der Waals surface area contributed by atoms with Gasteiger partial charge in [0.25, 0.3) is 7.37 Å². The summed E-state index contributed by atoms with van der Waals surface area (Å²) in [6.07, 6.45) is 1.44. The molecule has 1 aliphatic heterocycles. The SMILES string of the molecule is CCO[P@]1(=O)C=COc2ccc(C)cc21. The normalized spacial score (nSPS) is 23.3. The van der Waals surface area contributed by atoms with Gasteiger partial charge in [0.1, 0.15) is 5.75 Å². The Balaban J connectivity index is 2.54. The van der Waals surface area contributed by atoms with Gasteiger partial charge in [-0.25, -0.2) is 0 Å². The van der Waals surface area contributed by atoms with Gasteiger partial charge in [-0.1, -0.05) is 11.6 Å². The first-order valence-electron chi connectivity index (χ1n) is 4.85. The molecule has 0 bridgehead atoms. The second kappa shape index (κ2) is 3.84. The Kier molecular flexibility index (Phi) is 2.68. The minimum Gasteiger partial charge on any atom is -0.464 e. The number of benzene rings is 1. The molecule has 0 N–H and O–H groups in total. The monoisotopic (exact) mass is 224 g/mol. The fraction of sp³-hybridized carbons (Fsp3) is 0.273. The van der Waals surface area contributed by atoms with Crippen LogP contribution >= 0.6 is 7.37 Å². The van der Waals surface area contributed by atoms with Crippen molar-refractivity contribution < 1.29 is 13.8 Å². The molecular weight excluding hydrogens is 211 g/mol. The average molecular weight is 224 g/mol. The number of hydrogen-bond donors (Lipinski definition) is 0. The van der Waals surface area contributed by atoms with E-state index in [0.29, 0.717) is 17.7 Å². The molecule has 1 atom stereocenters. The lowest BCUT2D eigenvalue weighted by atomic mass is 10.2. The molecule has 0 unspecified atom stereocenters. The van der Waals surface area contributed by atoms with Gasteiger partial charge in [-0.05, 0) is 26.0 Å². The number of hydrogen-bond acceptors (Lipinski definition) is 3. The summed E-state index contributed by atoms with van der Waals surface area (Å²) < 4.78 is 23.0. The van der Waals surface area contributed by atoms with Gasteiger partial charge in [0.05, 0.1) is 18.2 Å². The van der Waals surface area contributed by atoms with Crippen LogP contribution in [0.5, 0.6) is 5.75 Å². The molecule has 0 amide bonds. The van der Waals surface area contributed by atoms with Crippen LogP contribution in [0.3, 0.4) is 0 Å². The lowest BCUT2D eigenvalue weighted by molar-refractivity contribution is 0.343. The predicted molar refractivity (Wildman–Crippen MR) is 59.8 cm³/mol. The van der Waals surface area contributed by atoms with Crippen LogP contribution in [0.4, 0.5) is 0 Å². The molecule has 15 heavy (non-hydrogen) atoms. The van der Waals surface area contributed by atoms with Crippen molar-refractivity contribution in [2.75, 3.05) is 6.61 Å². The first kappa shape index (κ1) is 10.5. The fourth-order valence-corrected chi connectivity index (χ4v) is 3.35.